The summed E-state index contributed by atoms with van der Waals surface area (Å²) in [5.74, 6) is 1.75. The van der Waals surface area contributed by atoms with Gasteiger partial charge in [0.25, 0.3) is 5.56 Å². The van der Waals surface area contributed by atoms with E-state index in [1.165, 1.54) is 5.56 Å². The molecule has 8 heteroatoms. The predicted octanol–water partition coefficient (Wildman–Crippen LogP) is 3.57. The van der Waals surface area contributed by atoms with E-state index in [2.05, 4.69) is 37.5 Å². The molecule has 0 amide bonds. The van der Waals surface area contributed by atoms with Crippen LogP contribution in [-0.2, 0) is 19.5 Å². The van der Waals surface area contributed by atoms with Gasteiger partial charge in [-0.3, -0.25) is 14.7 Å². The number of nitrogens with one attached hydrogen (secondary N) is 2. The molecule has 2 N–H and O–H groups in total. The van der Waals surface area contributed by atoms with E-state index in [-0.39, 0.29) is 5.56 Å². The monoisotopic (exact) mass is 447 g/mol. The van der Waals surface area contributed by atoms with Crippen LogP contribution < -0.4 is 20.5 Å². The zero-order chi connectivity index (χ0) is 23.0. The number of aromatic nitrogens is 2. The number of aromatic amines is 1. The molecule has 0 bridgehead atoms. The minimum absolute atomic E-state index is 0.133. The predicted molar refractivity (Wildman–Crippen MR) is 129 cm³/mol. The Bertz CT molecular complexity index is 1160. The number of hydrogen-bond donors (Lipinski definition) is 2. The van der Waals surface area contributed by atoms with Crippen molar-refractivity contribution in [2.24, 2.45) is 5.10 Å². The van der Waals surface area contributed by atoms with Crippen LogP contribution in [0.5, 0.6) is 11.5 Å². The largest absolute Gasteiger partial charge is 0.494 e. The van der Waals surface area contributed by atoms with E-state index >= 15 is 0 Å². The van der Waals surface area contributed by atoms with Crippen molar-refractivity contribution in [1.29, 1.82) is 0 Å². The maximum Gasteiger partial charge on any atom is 0.257 e. The molecule has 3 aromatic rings. The summed E-state index contributed by atoms with van der Waals surface area (Å²) in [4.78, 5) is 22.4. The number of fused-ring (bicyclic) bond motifs is 1. The first-order valence-electron chi connectivity index (χ1n) is 11.2. The van der Waals surface area contributed by atoms with E-state index in [0.29, 0.717) is 31.5 Å². The van der Waals surface area contributed by atoms with Crippen molar-refractivity contribution < 1.29 is 9.47 Å². The first-order chi connectivity index (χ1) is 16.2. The lowest BCUT2D eigenvalue weighted by Gasteiger charge is -2.27. The Morgan fingerprint density at radius 3 is 2.76 bits per heavy atom. The maximum atomic E-state index is 12.7. The smallest absolute Gasteiger partial charge is 0.257 e. The normalized spacial score (nSPS) is 13.6. The first kappa shape index (κ1) is 22.5. The molecule has 0 unspecified atom stereocenters. The van der Waals surface area contributed by atoms with Gasteiger partial charge < -0.3 is 9.47 Å². The van der Waals surface area contributed by atoms with Gasteiger partial charge in [0, 0.05) is 37.7 Å². The van der Waals surface area contributed by atoms with Gasteiger partial charge in [-0.25, -0.2) is 10.4 Å². The van der Waals surface area contributed by atoms with E-state index in [4.69, 9.17) is 9.47 Å². The lowest BCUT2D eigenvalue weighted by atomic mass is 10.1. The molecule has 172 valence electrons. The molecular formula is C25H29N5O3. The number of hydrogen-bond acceptors (Lipinski definition) is 7. The van der Waals surface area contributed by atoms with Gasteiger partial charge >= 0.3 is 0 Å². The molecule has 0 saturated carbocycles. The fourth-order valence-corrected chi connectivity index (χ4v) is 3.83. The Balaban J connectivity index is 1.44. The summed E-state index contributed by atoms with van der Waals surface area (Å²) >= 11 is 0. The summed E-state index contributed by atoms with van der Waals surface area (Å²) in [5, 5.41) is 4.25. The van der Waals surface area contributed by atoms with Gasteiger partial charge in [-0.2, -0.15) is 5.10 Å². The van der Waals surface area contributed by atoms with Crippen LogP contribution in [0.1, 0.15) is 36.2 Å². The fraction of sp³-hybridized carbons (Fsp3) is 0.320. The van der Waals surface area contributed by atoms with Gasteiger partial charge in [-0.05, 0) is 31.5 Å². The molecule has 0 fully saturated rings. The summed E-state index contributed by atoms with van der Waals surface area (Å²) < 4.78 is 11.2. The summed E-state index contributed by atoms with van der Waals surface area (Å²) in [6.45, 7) is 7.23. The molecule has 1 aliphatic rings. The van der Waals surface area contributed by atoms with Crippen LogP contribution >= 0.6 is 0 Å². The van der Waals surface area contributed by atoms with Gasteiger partial charge in [0.05, 0.1) is 30.7 Å². The second kappa shape index (κ2) is 10.8. The van der Waals surface area contributed by atoms with Gasteiger partial charge in [0.1, 0.15) is 11.5 Å². The Kier molecular flexibility index (Phi) is 7.36. The van der Waals surface area contributed by atoms with Crippen molar-refractivity contribution in [3.8, 4) is 11.5 Å². The maximum absolute atomic E-state index is 12.7. The molecule has 0 saturated heterocycles. The molecule has 33 heavy (non-hydrogen) atoms. The Morgan fingerprint density at radius 1 is 1.15 bits per heavy atom. The van der Waals surface area contributed by atoms with Gasteiger partial charge in [-0.15, -0.1) is 0 Å². The number of anilines is 1. The van der Waals surface area contributed by atoms with Crippen LogP contribution in [0.4, 0.5) is 5.95 Å². The number of nitrogens with zero attached hydrogens (tertiary/aromatic N) is 3. The minimum Gasteiger partial charge on any atom is -0.494 e. The molecule has 1 aromatic heterocycles. The quantitative estimate of drug-likeness (QED) is 0.385. The molecule has 4 rings (SSSR count). The topological polar surface area (TPSA) is 91.8 Å². The Hall–Kier alpha value is -3.65. The Labute approximate surface area is 193 Å². The standard InChI is InChI=1S/C25H29N5O3/c1-3-32-20-11-10-19(23(14-20)33-4-2)15-26-29-25-27-22-12-13-30(17-21(22)24(31)28-25)16-18-8-6-5-7-9-18/h5-11,14-15H,3-4,12-13,16-17H2,1-2H3,(H2,27,28,29,31)/b26-15-. The molecule has 0 aliphatic carbocycles. The number of ether oxygens (including phenoxy) is 2. The minimum atomic E-state index is -0.133. The van der Waals surface area contributed by atoms with Crippen molar-refractivity contribution in [2.75, 3.05) is 25.2 Å². The lowest BCUT2D eigenvalue weighted by molar-refractivity contribution is 0.242. The van der Waals surface area contributed by atoms with Crippen LogP contribution in [0.2, 0.25) is 0 Å². The van der Waals surface area contributed by atoms with Crippen LogP contribution in [0.25, 0.3) is 0 Å². The molecule has 0 atom stereocenters. The highest BCUT2D eigenvalue weighted by Gasteiger charge is 2.21. The van der Waals surface area contributed by atoms with Gasteiger partial charge in [0.2, 0.25) is 5.95 Å². The van der Waals surface area contributed by atoms with E-state index in [1.807, 2.05) is 50.2 Å². The summed E-state index contributed by atoms with van der Waals surface area (Å²) in [7, 11) is 0. The second-order valence-corrected chi connectivity index (χ2v) is 7.72. The lowest BCUT2D eigenvalue weighted by Crippen LogP contribution is -2.35. The van der Waals surface area contributed by atoms with Gasteiger partial charge in [0.15, 0.2) is 0 Å². The third kappa shape index (κ3) is 5.78. The zero-order valence-electron chi connectivity index (χ0n) is 19.0. The highest BCUT2D eigenvalue weighted by atomic mass is 16.5. The van der Waals surface area contributed by atoms with Crippen LogP contribution in [0.3, 0.4) is 0 Å². The van der Waals surface area contributed by atoms with Crippen molar-refractivity contribution in [2.45, 2.75) is 33.4 Å². The molecule has 2 heterocycles. The third-order valence-electron chi connectivity index (χ3n) is 5.37. The van der Waals surface area contributed by atoms with Crippen molar-refractivity contribution in [1.82, 2.24) is 14.9 Å². The summed E-state index contributed by atoms with van der Waals surface area (Å²) in [6, 6.07) is 15.9. The van der Waals surface area contributed by atoms with Crippen molar-refractivity contribution in [3.05, 3.63) is 81.3 Å². The highest BCUT2D eigenvalue weighted by molar-refractivity contribution is 5.84. The molecule has 0 radical (unpaired) electrons. The zero-order valence-corrected chi connectivity index (χ0v) is 19.0. The number of rotatable bonds is 9. The SMILES string of the molecule is CCOc1ccc(/C=N\Nc2nc3c(c(=O)[nH]2)CN(Cc2ccccc2)CC3)c(OCC)c1. The number of hydrazone groups is 1. The van der Waals surface area contributed by atoms with Crippen LogP contribution in [0, 0.1) is 0 Å². The average molecular weight is 448 g/mol. The first-order valence-corrected chi connectivity index (χ1v) is 11.2. The van der Waals surface area contributed by atoms with Crippen molar-refractivity contribution in [3.63, 3.8) is 0 Å². The van der Waals surface area contributed by atoms with Gasteiger partial charge in [-0.1, -0.05) is 30.3 Å². The number of benzene rings is 2. The molecular weight excluding hydrogens is 418 g/mol. The third-order valence-corrected chi connectivity index (χ3v) is 5.37. The van der Waals surface area contributed by atoms with E-state index < -0.39 is 0 Å². The average Bonchev–Trinajstić information content (AvgIpc) is 2.82. The fourth-order valence-electron chi connectivity index (χ4n) is 3.83. The Morgan fingerprint density at radius 2 is 1.97 bits per heavy atom. The second-order valence-electron chi connectivity index (χ2n) is 7.72. The van der Waals surface area contributed by atoms with E-state index in [9.17, 15) is 4.79 Å². The van der Waals surface area contributed by atoms with Crippen LogP contribution in [-0.4, -0.2) is 40.8 Å². The molecule has 0 spiro atoms. The molecule has 8 nitrogen and oxygen atoms in total. The van der Waals surface area contributed by atoms with E-state index in [1.54, 1.807) is 6.21 Å². The summed E-state index contributed by atoms with van der Waals surface area (Å²) in [5.41, 5.74) is 6.28. The van der Waals surface area contributed by atoms with Crippen LogP contribution in [0.15, 0.2) is 58.4 Å². The van der Waals surface area contributed by atoms with Crippen molar-refractivity contribution >= 4 is 12.2 Å². The van der Waals surface area contributed by atoms with E-state index in [0.717, 1.165) is 42.1 Å². The summed E-state index contributed by atoms with van der Waals surface area (Å²) in [6.07, 6.45) is 2.36. The molecule has 1 aliphatic heterocycles. The highest BCUT2D eigenvalue weighted by Crippen LogP contribution is 2.24. The number of H-pyrrole nitrogens is 1. The molecule has 2 aromatic carbocycles.